The highest BCUT2D eigenvalue weighted by atomic mass is 28.4. The molecule has 1 heterocycles. The highest BCUT2D eigenvalue weighted by Crippen LogP contribution is 2.29. The molecule has 0 aromatic heterocycles. The number of nitrogens with zero attached hydrogens (tertiary/aromatic N) is 2. The first-order valence-corrected chi connectivity index (χ1v) is 11.7. The van der Waals surface area contributed by atoms with Crippen molar-refractivity contribution in [2.24, 2.45) is 10.9 Å². The van der Waals surface area contributed by atoms with Crippen molar-refractivity contribution >= 4 is 14.5 Å². The van der Waals surface area contributed by atoms with E-state index in [0.29, 0.717) is 31.4 Å². The third-order valence-electron chi connectivity index (χ3n) is 5.17. The summed E-state index contributed by atoms with van der Waals surface area (Å²) < 4.78 is 18.2. The second-order valence-corrected chi connectivity index (χ2v) is 9.50. The maximum Gasteiger partial charge on any atom is 0.519 e. The summed E-state index contributed by atoms with van der Waals surface area (Å²) in [6, 6.07) is 0. The summed E-state index contributed by atoms with van der Waals surface area (Å²) in [6.07, 6.45) is 6.28. The maximum atomic E-state index is 6.07. The van der Waals surface area contributed by atoms with Gasteiger partial charge in [0.15, 0.2) is 0 Å². The second kappa shape index (κ2) is 10.0. The lowest BCUT2D eigenvalue weighted by Gasteiger charge is -2.47. The molecular weight excluding hydrogens is 320 g/mol. The second-order valence-electron chi connectivity index (χ2n) is 6.76. The molecule has 2 aliphatic rings. The SMILES string of the molecule is CCO[Si](OCC)(OCC)C1CCN1CCN=C1CCCCC1C. The van der Waals surface area contributed by atoms with Crippen molar-refractivity contribution in [3.63, 3.8) is 0 Å². The van der Waals surface area contributed by atoms with Gasteiger partial charge in [0.25, 0.3) is 0 Å². The fourth-order valence-corrected chi connectivity index (χ4v) is 7.07. The van der Waals surface area contributed by atoms with Gasteiger partial charge in [-0.3, -0.25) is 9.89 Å². The van der Waals surface area contributed by atoms with Crippen molar-refractivity contribution in [3.8, 4) is 0 Å². The molecule has 2 atom stereocenters. The van der Waals surface area contributed by atoms with Crippen molar-refractivity contribution in [3.05, 3.63) is 0 Å². The molecule has 0 radical (unpaired) electrons. The Hall–Kier alpha value is -0.273. The standard InChI is InChI=1S/C18H36N2O3Si/c1-5-21-24(22-6-2,23-7-3)18-12-14-20(18)15-13-19-17-11-9-8-10-16(17)4/h16,18H,5-15H2,1-4H3. The lowest BCUT2D eigenvalue weighted by molar-refractivity contribution is 0.00587. The first kappa shape index (κ1) is 20.0. The van der Waals surface area contributed by atoms with Crippen molar-refractivity contribution in [1.29, 1.82) is 0 Å². The number of hydrogen-bond acceptors (Lipinski definition) is 5. The molecule has 140 valence electrons. The number of rotatable bonds is 10. The van der Waals surface area contributed by atoms with Crippen LogP contribution in [0.1, 0.15) is 59.8 Å². The van der Waals surface area contributed by atoms with Gasteiger partial charge in [0, 0.05) is 32.1 Å². The molecule has 1 aliphatic heterocycles. The summed E-state index contributed by atoms with van der Waals surface area (Å²) in [7, 11) is -2.60. The van der Waals surface area contributed by atoms with Crippen molar-refractivity contribution in [2.75, 3.05) is 39.5 Å². The Labute approximate surface area is 149 Å². The predicted molar refractivity (Wildman–Crippen MR) is 101 cm³/mol. The van der Waals surface area contributed by atoms with Crippen LogP contribution in [0.4, 0.5) is 0 Å². The van der Waals surface area contributed by atoms with E-state index in [1.165, 1.54) is 31.4 Å². The number of aliphatic imine (C=N–C) groups is 1. The van der Waals surface area contributed by atoms with E-state index >= 15 is 0 Å². The molecule has 1 aliphatic carbocycles. The minimum absolute atomic E-state index is 0.307. The number of hydrogen-bond donors (Lipinski definition) is 0. The molecule has 5 nitrogen and oxygen atoms in total. The first-order chi connectivity index (χ1) is 11.7. The quantitative estimate of drug-likeness (QED) is 0.563. The van der Waals surface area contributed by atoms with Crippen LogP contribution < -0.4 is 0 Å². The topological polar surface area (TPSA) is 43.3 Å². The van der Waals surface area contributed by atoms with Crippen LogP contribution in [0.15, 0.2) is 4.99 Å². The molecule has 0 spiro atoms. The zero-order valence-corrected chi connectivity index (χ0v) is 17.1. The largest absolute Gasteiger partial charge is 0.519 e. The summed E-state index contributed by atoms with van der Waals surface area (Å²) in [6.45, 7) is 13.3. The minimum Gasteiger partial charge on any atom is -0.373 e. The van der Waals surface area contributed by atoms with Crippen LogP contribution >= 0.6 is 0 Å². The summed E-state index contributed by atoms with van der Waals surface area (Å²) in [4.78, 5) is 7.37. The van der Waals surface area contributed by atoms with Gasteiger partial charge in [-0.1, -0.05) is 13.3 Å². The molecule has 0 N–H and O–H groups in total. The van der Waals surface area contributed by atoms with Crippen LogP contribution in [-0.2, 0) is 13.3 Å². The highest BCUT2D eigenvalue weighted by molar-refractivity contribution is 6.62. The summed E-state index contributed by atoms with van der Waals surface area (Å²) in [5, 5.41) is 0. The predicted octanol–water partition coefficient (Wildman–Crippen LogP) is 3.30. The molecule has 2 unspecified atom stereocenters. The Balaban J connectivity index is 1.92. The Morgan fingerprint density at radius 1 is 1.04 bits per heavy atom. The molecule has 1 saturated heterocycles. The van der Waals surface area contributed by atoms with Crippen LogP contribution in [0, 0.1) is 5.92 Å². The van der Waals surface area contributed by atoms with Gasteiger partial charge >= 0.3 is 8.80 Å². The maximum absolute atomic E-state index is 6.07. The fraction of sp³-hybridized carbons (Fsp3) is 0.944. The van der Waals surface area contributed by atoms with Gasteiger partial charge in [0.05, 0.1) is 12.2 Å². The lowest BCUT2D eigenvalue weighted by Crippen LogP contribution is -2.69. The number of likely N-dealkylation sites (tertiary alicyclic amines) is 1. The van der Waals surface area contributed by atoms with Gasteiger partial charge in [-0.25, -0.2) is 0 Å². The van der Waals surface area contributed by atoms with E-state index in [2.05, 4.69) is 11.8 Å². The van der Waals surface area contributed by atoms with Crippen LogP contribution in [-0.4, -0.2) is 64.5 Å². The van der Waals surface area contributed by atoms with E-state index in [9.17, 15) is 0 Å². The average Bonchev–Trinajstić information content (AvgIpc) is 2.52. The van der Waals surface area contributed by atoms with E-state index in [0.717, 1.165) is 26.1 Å². The zero-order chi connectivity index (χ0) is 17.4. The van der Waals surface area contributed by atoms with Crippen LogP contribution in [0.3, 0.4) is 0 Å². The Bertz CT molecular complexity index is 389. The Morgan fingerprint density at radius 3 is 2.21 bits per heavy atom. The molecule has 6 heteroatoms. The van der Waals surface area contributed by atoms with Gasteiger partial charge in [-0.15, -0.1) is 0 Å². The summed E-state index contributed by atoms with van der Waals surface area (Å²) in [5.41, 5.74) is 1.74. The van der Waals surface area contributed by atoms with Gasteiger partial charge in [0.2, 0.25) is 0 Å². The molecule has 2 fully saturated rings. The fourth-order valence-electron chi connectivity index (χ4n) is 3.85. The lowest BCUT2D eigenvalue weighted by atomic mass is 9.89. The Morgan fingerprint density at radius 2 is 1.71 bits per heavy atom. The average molecular weight is 357 g/mol. The first-order valence-electron chi connectivity index (χ1n) is 9.85. The van der Waals surface area contributed by atoms with E-state index in [1.807, 2.05) is 20.8 Å². The third-order valence-corrected chi connectivity index (χ3v) is 8.71. The highest BCUT2D eigenvalue weighted by Gasteiger charge is 2.55. The monoisotopic (exact) mass is 356 g/mol. The van der Waals surface area contributed by atoms with Crippen LogP contribution in [0.2, 0.25) is 0 Å². The van der Waals surface area contributed by atoms with Gasteiger partial charge in [0.1, 0.15) is 0 Å². The van der Waals surface area contributed by atoms with Crippen LogP contribution in [0.25, 0.3) is 0 Å². The zero-order valence-electron chi connectivity index (χ0n) is 16.1. The summed E-state index contributed by atoms with van der Waals surface area (Å²) in [5.74, 6) is 0.676. The molecular formula is C18H36N2O3Si. The molecule has 1 saturated carbocycles. The van der Waals surface area contributed by atoms with Gasteiger partial charge < -0.3 is 13.3 Å². The molecule has 0 bridgehead atoms. The normalized spacial score (nSPS) is 27.4. The van der Waals surface area contributed by atoms with Gasteiger partial charge in [-0.05, 0) is 58.9 Å². The molecule has 0 amide bonds. The van der Waals surface area contributed by atoms with Gasteiger partial charge in [-0.2, -0.15) is 0 Å². The van der Waals surface area contributed by atoms with E-state index in [1.54, 1.807) is 0 Å². The van der Waals surface area contributed by atoms with Crippen molar-refractivity contribution < 1.29 is 13.3 Å². The third kappa shape index (κ3) is 4.88. The molecule has 2 rings (SSSR count). The Kier molecular flexibility index (Phi) is 8.37. The van der Waals surface area contributed by atoms with E-state index < -0.39 is 8.80 Å². The van der Waals surface area contributed by atoms with E-state index in [-0.39, 0.29) is 0 Å². The van der Waals surface area contributed by atoms with Crippen molar-refractivity contribution in [1.82, 2.24) is 4.90 Å². The smallest absolute Gasteiger partial charge is 0.373 e. The van der Waals surface area contributed by atoms with Crippen molar-refractivity contribution in [2.45, 2.75) is 65.5 Å². The van der Waals surface area contributed by atoms with E-state index in [4.69, 9.17) is 18.3 Å². The van der Waals surface area contributed by atoms with Crippen LogP contribution in [0.5, 0.6) is 0 Å². The minimum atomic E-state index is -2.60. The molecule has 0 aromatic carbocycles. The molecule has 0 aromatic rings. The molecule has 24 heavy (non-hydrogen) atoms. The summed E-state index contributed by atoms with van der Waals surface area (Å²) >= 11 is 0.